The molecule has 0 spiro atoms. The molecule has 2 fully saturated rings. The molecule has 1 saturated heterocycles. The lowest BCUT2D eigenvalue weighted by Crippen LogP contribution is -2.24. The van der Waals surface area contributed by atoms with Gasteiger partial charge in [0, 0.05) is 40.5 Å². The fourth-order valence-electron chi connectivity index (χ4n) is 3.83. The Morgan fingerprint density at radius 2 is 2.10 bits per heavy atom. The Labute approximate surface area is 128 Å². The number of halogens is 1. The minimum Gasteiger partial charge on any atom is -0.393 e. The van der Waals surface area contributed by atoms with Gasteiger partial charge in [-0.15, -0.1) is 11.3 Å². The highest BCUT2D eigenvalue weighted by atomic mass is 35.5. The molecule has 1 aliphatic carbocycles. The van der Waals surface area contributed by atoms with Crippen LogP contribution in [0.1, 0.15) is 17.7 Å². The smallest absolute Gasteiger partial charge is 0.0637 e. The van der Waals surface area contributed by atoms with E-state index in [-0.39, 0.29) is 6.10 Å². The Hall–Kier alpha value is -0.610. The first-order valence-electron chi connectivity index (χ1n) is 7.28. The van der Waals surface area contributed by atoms with Crippen LogP contribution in [0.2, 0.25) is 5.02 Å². The summed E-state index contributed by atoms with van der Waals surface area (Å²) in [5, 5.41) is 12.1. The number of fused-ring (bicyclic) bond motifs is 2. The average molecular weight is 308 g/mol. The van der Waals surface area contributed by atoms with Crippen LogP contribution in [0.15, 0.2) is 24.3 Å². The number of aliphatic hydroxyl groups is 1. The fourth-order valence-corrected chi connectivity index (χ4v) is 5.36. The maximum absolute atomic E-state index is 10.0. The van der Waals surface area contributed by atoms with E-state index in [1.54, 1.807) is 11.3 Å². The first-order valence-corrected chi connectivity index (χ1v) is 8.48. The van der Waals surface area contributed by atoms with Crippen LogP contribution in [-0.4, -0.2) is 29.2 Å². The topological polar surface area (TPSA) is 23.5 Å². The van der Waals surface area contributed by atoms with Crippen molar-refractivity contribution in [3.63, 3.8) is 0 Å². The van der Waals surface area contributed by atoms with Crippen molar-refractivity contribution in [2.45, 2.75) is 25.5 Å². The first kappa shape index (κ1) is 13.1. The van der Waals surface area contributed by atoms with Crippen molar-refractivity contribution >= 4 is 33.0 Å². The third kappa shape index (κ3) is 2.08. The maximum Gasteiger partial charge on any atom is 0.0637 e. The Bertz CT molecular complexity index is 640. The summed E-state index contributed by atoms with van der Waals surface area (Å²) in [5.41, 5.74) is 0. The second-order valence-electron chi connectivity index (χ2n) is 6.10. The summed E-state index contributed by atoms with van der Waals surface area (Å²) in [6, 6.07) is 8.34. The zero-order valence-corrected chi connectivity index (χ0v) is 12.8. The van der Waals surface area contributed by atoms with E-state index in [9.17, 15) is 5.11 Å². The van der Waals surface area contributed by atoms with Gasteiger partial charge < -0.3 is 5.11 Å². The Kier molecular flexibility index (Phi) is 3.26. The summed E-state index contributed by atoms with van der Waals surface area (Å²) in [4.78, 5) is 3.73. The molecule has 3 unspecified atom stereocenters. The predicted octanol–water partition coefficient (Wildman–Crippen LogP) is 3.76. The minimum atomic E-state index is -0.0807. The standard InChI is InChI=1S/C16H18ClNOS/c17-16-11-3-1-2-4-14(11)20-15(16)9-18-7-10-5-6-13(19)12(10)8-18/h1-4,10,12-13,19H,5-9H2. The Balaban J connectivity index is 1.55. The van der Waals surface area contributed by atoms with Crippen LogP contribution >= 0.6 is 22.9 Å². The monoisotopic (exact) mass is 307 g/mol. The van der Waals surface area contributed by atoms with E-state index in [1.165, 1.54) is 21.4 Å². The van der Waals surface area contributed by atoms with E-state index < -0.39 is 0 Å². The van der Waals surface area contributed by atoms with Crippen molar-refractivity contribution in [1.29, 1.82) is 0 Å². The number of rotatable bonds is 2. The molecule has 0 bridgehead atoms. The lowest BCUT2D eigenvalue weighted by Gasteiger charge is -2.17. The highest BCUT2D eigenvalue weighted by Crippen LogP contribution is 2.41. The Morgan fingerprint density at radius 1 is 1.25 bits per heavy atom. The summed E-state index contributed by atoms with van der Waals surface area (Å²) in [7, 11) is 0. The van der Waals surface area contributed by atoms with Gasteiger partial charge in [-0.05, 0) is 24.8 Å². The van der Waals surface area contributed by atoms with Gasteiger partial charge in [0.1, 0.15) is 0 Å². The van der Waals surface area contributed by atoms with Gasteiger partial charge in [0.05, 0.1) is 11.1 Å². The van der Waals surface area contributed by atoms with Crippen LogP contribution in [0.4, 0.5) is 0 Å². The third-order valence-electron chi connectivity index (χ3n) is 4.86. The van der Waals surface area contributed by atoms with E-state index in [2.05, 4.69) is 23.1 Å². The van der Waals surface area contributed by atoms with Crippen molar-refractivity contribution in [2.75, 3.05) is 13.1 Å². The number of hydrogen-bond donors (Lipinski definition) is 1. The van der Waals surface area contributed by atoms with Crippen LogP contribution in [-0.2, 0) is 6.54 Å². The van der Waals surface area contributed by atoms with Gasteiger partial charge in [0.2, 0.25) is 0 Å². The molecule has 1 saturated carbocycles. The highest BCUT2D eigenvalue weighted by Gasteiger charge is 2.41. The maximum atomic E-state index is 10.0. The number of benzene rings is 1. The van der Waals surface area contributed by atoms with Gasteiger partial charge >= 0.3 is 0 Å². The molecular weight excluding hydrogens is 290 g/mol. The van der Waals surface area contributed by atoms with Crippen molar-refractivity contribution in [2.24, 2.45) is 11.8 Å². The average Bonchev–Trinajstić information content (AvgIpc) is 3.08. The van der Waals surface area contributed by atoms with E-state index in [4.69, 9.17) is 11.6 Å². The Morgan fingerprint density at radius 3 is 2.90 bits per heavy atom. The number of thiophene rings is 1. The van der Waals surface area contributed by atoms with E-state index in [1.807, 2.05) is 6.07 Å². The predicted molar refractivity (Wildman–Crippen MR) is 84.3 cm³/mol. The van der Waals surface area contributed by atoms with Crippen LogP contribution in [0.5, 0.6) is 0 Å². The molecule has 1 aromatic carbocycles. The second-order valence-corrected chi connectivity index (χ2v) is 7.61. The molecule has 2 heterocycles. The summed E-state index contributed by atoms with van der Waals surface area (Å²) in [6.45, 7) is 3.07. The molecule has 20 heavy (non-hydrogen) atoms. The summed E-state index contributed by atoms with van der Waals surface area (Å²) >= 11 is 8.32. The van der Waals surface area contributed by atoms with Crippen LogP contribution in [0, 0.1) is 11.8 Å². The van der Waals surface area contributed by atoms with Gasteiger partial charge in [-0.25, -0.2) is 0 Å². The second kappa shape index (κ2) is 4.99. The molecule has 0 amide bonds. The van der Waals surface area contributed by atoms with Crippen molar-refractivity contribution in [3.05, 3.63) is 34.2 Å². The van der Waals surface area contributed by atoms with Crippen LogP contribution in [0.3, 0.4) is 0 Å². The van der Waals surface area contributed by atoms with Gasteiger partial charge in [0.25, 0.3) is 0 Å². The zero-order valence-electron chi connectivity index (χ0n) is 11.3. The quantitative estimate of drug-likeness (QED) is 0.913. The van der Waals surface area contributed by atoms with Crippen molar-refractivity contribution < 1.29 is 5.11 Å². The molecule has 1 aliphatic heterocycles. The van der Waals surface area contributed by atoms with Gasteiger partial charge in [-0.1, -0.05) is 29.8 Å². The number of aliphatic hydroxyl groups excluding tert-OH is 1. The zero-order chi connectivity index (χ0) is 13.7. The number of hydrogen-bond acceptors (Lipinski definition) is 3. The molecule has 1 N–H and O–H groups in total. The van der Waals surface area contributed by atoms with Crippen LogP contribution in [0.25, 0.3) is 10.1 Å². The largest absolute Gasteiger partial charge is 0.393 e. The third-order valence-corrected chi connectivity index (χ3v) is 6.56. The SMILES string of the molecule is OC1CCC2CN(Cc3sc4ccccc4c3Cl)CC12. The van der Waals surface area contributed by atoms with E-state index in [0.717, 1.165) is 31.1 Å². The van der Waals surface area contributed by atoms with Crippen molar-refractivity contribution in [1.82, 2.24) is 4.90 Å². The fraction of sp³-hybridized carbons (Fsp3) is 0.500. The lowest BCUT2D eigenvalue weighted by atomic mass is 10.00. The molecule has 3 atom stereocenters. The summed E-state index contributed by atoms with van der Waals surface area (Å²) in [5.74, 6) is 1.18. The van der Waals surface area contributed by atoms with Crippen molar-refractivity contribution in [3.8, 4) is 0 Å². The van der Waals surface area contributed by atoms with Crippen LogP contribution < -0.4 is 0 Å². The molecule has 2 nitrogen and oxygen atoms in total. The summed E-state index contributed by atoms with van der Waals surface area (Å²) in [6.07, 6.45) is 2.10. The molecule has 4 heteroatoms. The molecule has 2 aromatic rings. The normalized spacial score (nSPS) is 30.2. The number of likely N-dealkylation sites (tertiary alicyclic amines) is 1. The van der Waals surface area contributed by atoms with Gasteiger partial charge in [-0.2, -0.15) is 0 Å². The lowest BCUT2D eigenvalue weighted by molar-refractivity contribution is 0.123. The molecular formula is C16H18ClNOS. The molecule has 106 valence electrons. The van der Waals surface area contributed by atoms with Gasteiger partial charge in [-0.3, -0.25) is 4.90 Å². The molecule has 4 rings (SSSR count). The van der Waals surface area contributed by atoms with E-state index >= 15 is 0 Å². The molecule has 0 radical (unpaired) electrons. The van der Waals surface area contributed by atoms with Gasteiger partial charge in [0.15, 0.2) is 0 Å². The summed E-state index contributed by atoms with van der Waals surface area (Å²) < 4.78 is 1.27. The van der Waals surface area contributed by atoms with E-state index in [0.29, 0.717) is 11.8 Å². The molecule has 2 aliphatic rings. The first-order chi connectivity index (χ1) is 9.72. The minimum absolute atomic E-state index is 0.0807. The number of nitrogens with zero attached hydrogens (tertiary/aromatic N) is 1. The highest BCUT2D eigenvalue weighted by molar-refractivity contribution is 7.19. The molecule has 1 aromatic heterocycles.